The SMILES string of the molecule is CCCOCCCCOP(=O)(OCCCCOCCC)OCCCCOCCC. The molecule has 0 unspecified atom stereocenters. The molecule has 0 aliphatic carbocycles. The molecule has 0 radical (unpaired) electrons. The first kappa shape index (κ1) is 29.0. The Morgan fingerprint density at radius 3 is 1.00 bits per heavy atom. The average molecular weight is 441 g/mol. The molecule has 176 valence electrons. The quantitative estimate of drug-likeness (QED) is 0.139. The van der Waals surface area contributed by atoms with Crippen molar-refractivity contribution in [1.82, 2.24) is 0 Å². The van der Waals surface area contributed by atoms with Crippen molar-refractivity contribution >= 4 is 7.82 Å². The zero-order chi connectivity index (χ0) is 21.5. The Hall–Kier alpha value is -0.0100. The van der Waals surface area contributed by atoms with Crippen molar-refractivity contribution in [2.75, 3.05) is 59.5 Å². The van der Waals surface area contributed by atoms with Gasteiger partial charge in [-0.25, -0.2) is 4.57 Å². The highest BCUT2D eigenvalue weighted by atomic mass is 31.2. The van der Waals surface area contributed by atoms with E-state index in [0.29, 0.717) is 39.6 Å². The predicted molar refractivity (Wildman–Crippen MR) is 116 cm³/mol. The van der Waals surface area contributed by atoms with Crippen LogP contribution in [0.15, 0.2) is 0 Å². The predicted octanol–water partition coefficient (Wildman–Crippen LogP) is 5.76. The van der Waals surface area contributed by atoms with Gasteiger partial charge in [0.1, 0.15) is 0 Å². The molecule has 0 aromatic rings. The molecule has 7 nitrogen and oxygen atoms in total. The van der Waals surface area contributed by atoms with Gasteiger partial charge in [-0.05, 0) is 57.8 Å². The monoisotopic (exact) mass is 440 g/mol. The zero-order valence-corrected chi connectivity index (χ0v) is 19.9. The molecule has 0 atom stereocenters. The van der Waals surface area contributed by atoms with E-state index in [1.807, 2.05) is 0 Å². The lowest BCUT2D eigenvalue weighted by Gasteiger charge is -2.18. The topological polar surface area (TPSA) is 72.5 Å². The standard InChI is InChI=1S/C21H45O7P/c1-4-13-23-16-7-10-19-26-29(22,27-20-11-8-17-24-14-5-2)28-21-12-9-18-25-15-6-3/h4-21H2,1-3H3. The first-order chi connectivity index (χ1) is 14.2. The highest BCUT2D eigenvalue weighted by molar-refractivity contribution is 7.48. The fourth-order valence-corrected chi connectivity index (χ4v) is 3.58. The van der Waals surface area contributed by atoms with Crippen LogP contribution in [0.1, 0.15) is 78.6 Å². The summed E-state index contributed by atoms with van der Waals surface area (Å²) in [7, 11) is -3.53. The van der Waals surface area contributed by atoms with Crippen molar-refractivity contribution in [3.05, 3.63) is 0 Å². The van der Waals surface area contributed by atoms with Crippen molar-refractivity contribution in [2.45, 2.75) is 78.6 Å². The van der Waals surface area contributed by atoms with Crippen molar-refractivity contribution < 1.29 is 32.3 Å². The fourth-order valence-electron chi connectivity index (χ4n) is 2.30. The minimum Gasteiger partial charge on any atom is -0.381 e. The number of hydrogen-bond donors (Lipinski definition) is 0. The maximum absolute atomic E-state index is 12.9. The van der Waals surface area contributed by atoms with Crippen molar-refractivity contribution in [3.8, 4) is 0 Å². The van der Waals surface area contributed by atoms with Crippen LogP contribution in [0.5, 0.6) is 0 Å². The van der Waals surface area contributed by atoms with E-state index in [1.165, 1.54) is 0 Å². The molecule has 0 saturated carbocycles. The van der Waals surface area contributed by atoms with Gasteiger partial charge in [-0.15, -0.1) is 0 Å². The van der Waals surface area contributed by atoms with Crippen LogP contribution < -0.4 is 0 Å². The van der Waals surface area contributed by atoms with Crippen LogP contribution in [-0.2, 0) is 32.3 Å². The third-order valence-corrected chi connectivity index (χ3v) is 5.34. The summed E-state index contributed by atoms with van der Waals surface area (Å²) in [5.74, 6) is 0. The van der Waals surface area contributed by atoms with Crippen LogP contribution in [0.25, 0.3) is 0 Å². The first-order valence-electron chi connectivity index (χ1n) is 11.4. The molecular formula is C21H45O7P. The summed E-state index contributed by atoms with van der Waals surface area (Å²) < 4.78 is 45.7. The molecule has 0 rings (SSSR count). The molecule has 0 aliphatic heterocycles. The number of ether oxygens (including phenoxy) is 3. The second kappa shape index (κ2) is 22.7. The number of rotatable bonds is 24. The van der Waals surface area contributed by atoms with E-state index in [0.717, 1.165) is 77.6 Å². The lowest BCUT2D eigenvalue weighted by molar-refractivity contribution is 0.0898. The Morgan fingerprint density at radius 1 is 0.448 bits per heavy atom. The van der Waals surface area contributed by atoms with Crippen LogP contribution in [0.3, 0.4) is 0 Å². The Bertz CT molecular complexity index is 317. The zero-order valence-electron chi connectivity index (χ0n) is 19.0. The Labute approximate surface area is 178 Å². The van der Waals surface area contributed by atoms with E-state index in [-0.39, 0.29) is 0 Å². The molecule has 0 aliphatic rings. The highest BCUT2D eigenvalue weighted by Crippen LogP contribution is 2.49. The Kier molecular flexibility index (Phi) is 22.7. The molecule has 0 aromatic carbocycles. The van der Waals surface area contributed by atoms with Crippen LogP contribution in [-0.4, -0.2) is 59.5 Å². The van der Waals surface area contributed by atoms with Gasteiger partial charge in [0.05, 0.1) is 19.8 Å². The van der Waals surface area contributed by atoms with E-state index < -0.39 is 7.82 Å². The maximum atomic E-state index is 12.9. The van der Waals surface area contributed by atoms with Gasteiger partial charge >= 0.3 is 7.82 Å². The lowest BCUT2D eigenvalue weighted by atomic mass is 10.3. The van der Waals surface area contributed by atoms with Gasteiger partial charge in [0.2, 0.25) is 0 Å². The highest BCUT2D eigenvalue weighted by Gasteiger charge is 2.26. The Morgan fingerprint density at radius 2 is 0.724 bits per heavy atom. The van der Waals surface area contributed by atoms with E-state index in [9.17, 15) is 4.57 Å². The average Bonchev–Trinajstić information content (AvgIpc) is 2.72. The summed E-state index contributed by atoms with van der Waals surface area (Å²) in [5, 5.41) is 0. The number of phosphoric ester groups is 1. The van der Waals surface area contributed by atoms with Crippen LogP contribution >= 0.6 is 7.82 Å². The number of hydrogen-bond acceptors (Lipinski definition) is 7. The largest absolute Gasteiger partial charge is 0.474 e. The van der Waals surface area contributed by atoms with Gasteiger partial charge in [-0.2, -0.15) is 0 Å². The van der Waals surface area contributed by atoms with Gasteiger partial charge in [0.15, 0.2) is 0 Å². The summed E-state index contributed by atoms with van der Waals surface area (Å²) in [6, 6.07) is 0. The smallest absolute Gasteiger partial charge is 0.381 e. The molecule has 8 heteroatoms. The number of unbranched alkanes of at least 4 members (excludes halogenated alkanes) is 3. The van der Waals surface area contributed by atoms with Crippen molar-refractivity contribution in [2.24, 2.45) is 0 Å². The van der Waals surface area contributed by atoms with Gasteiger partial charge in [0.25, 0.3) is 0 Å². The molecule has 0 heterocycles. The van der Waals surface area contributed by atoms with Gasteiger partial charge in [-0.1, -0.05) is 20.8 Å². The normalized spacial score (nSPS) is 12.0. The third kappa shape index (κ3) is 21.0. The maximum Gasteiger partial charge on any atom is 0.474 e. The molecule has 29 heavy (non-hydrogen) atoms. The second-order valence-electron chi connectivity index (χ2n) is 6.91. The molecule has 0 fully saturated rings. The van der Waals surface area contributed by atoms with E-state index in [2.05, 4.69) is 20.8 Å². The van der Waals surface area contributed by atoms with Crippen molar-refractivity contribution in [3.63, 3.8) is 0 Å². The molecular weight excluding hydrogens is 395 g/mol. The fraction of sp³-hybridized carbons (Fsp3) is 1.00. The van der Waals surface area contributed by atoms with E-state index in [1.54, 1.807) is 0 Å². The molecule has 0 amide bonds. The summed E-state index contributed by atoms with van der Waals surface area (Å²) >= 11 is 0. The summed E-state index contributed by atoms with van der Waals surface area (Å²) in [5.41, 5.74) is 0. The summed E-state index contributed by atoms with van der Waals surface area (Å²) in [6.45, 7) is 11.7. The first-order valence-corrected chi connectivity index (χ1v) is 12.9. The molecule has 0 saturated heterocycles. The van der Waals surface area contributed by atoms with Crippen LogP contribution in [0.2, 0.25) is 0 Å². The van der Waals surface area contributed by atoms with Gasteiger partial charge in [-0.3, -0.25) is 13.6 Å². The summed E-state index contributed by atoms with van der Waals surface area (Å²) in [6.07, 6.45) is 7.92. The minimum absolute atomic E-state index is 0.339. The van der Waals surface area contributed by atoms with Gasteiger partial charge < -0.3 is 14.2 Å². The molecule has 0 N–H and O–H groups in total. The van der Waals surface area contributed by atoms with Crippen molar-refractivity contribution in [1.29, 1.82) is 0 Å². The second-order valence-corrected chi connectivity index (χ2v) is 8.57. The molecule has 0 spiro atoms. The van der Waals surface area contributed by atoms with Gasteiger partial charge in [0, 0.05) is 39.6 Å². The number of phosphoric acid groups is 1. The third-order valence-electron chi connectivity index (χ3n) is 3.84. The minimum atomic E-state index is -3.53. The van der Waals surface area contributed by atoms with E-state index >= 15 is 0 Å². The summed E-state index contributed by atoms with van der Waals surface area (Å²) in [4.78, 5) is 0. The van der Waals surface area contributed by atoms with Crippen LogP contribution in [0, 0.1) is 0 Å². The molecule has 0 aromatic heterocycles. The van der Waals surface area contributed by atoms with E-state index in [4.69, 9.17) is 27.8 Å². The molecule has 0 bridgehead atoms. The van der Waals surface area contributed by atoms with Crippen LogP contribution in [0.4, 0.5) is 0 Å². The Balaban J connectivity index is 4.05. The lowest BCUT2D eigenvalue weighted by Crippen LogP contribution is -2.06.